The molecule has 1 saturated heterocycles. The molecule has 3 heterocycles. The Balaban J connectivity index is 2.06. The Bertz CT molecular complexity index is 645. The number of hydrogen-bond donors (Lipinski definition) is 3. The fourth-order valence-electron chi connectivity index (χ4n) is 2.66. The molecule has 0 aliphatic carbocycles. The maximum Gasteiger partial charge on any atom is 0.167 e. The van der Waals surface area contributed by atoms with Gasteiger partial charge in [-0.25, -0.2) is 15.0 Å². The van der Waals surface area contributed by atoms with Crippen LogP contribution in [0, 0.1) is 5.92 Å². The molecule has 20 heavy (non-hydrogen) atoms. The van der Waals surface area contributed by atoms with Crippen LogP contribution in [0.5, 0.6) is 0 Å². The summed E-state index contributed by atoms with van der Waals surface area (Å²) in [6, 6.07) is 0. The Hall–Kier alpha value is -1.77. The zero-order valence-electron chi connectivity index (χ0n) is 11.3. The maximum atomic E-state index is 10.2. The van der Waals surface area contributed by atoms with E-state index in [0.717, 1.165) is 0 Å². The molecule has 108 valence electrons. The number of nitrogens with zero attached hydrogens (tertiary/aromatic N) is 4. The first-order chi connectivity index (χ1) is 9.48. The summed E-state index contributed by atoms with van der Waals surface area (Å²) >= 11 is 0. The van der Waals surface area contributed by atoms with Crippen LogP contribution in [0.2, 0.25) is 0 Å². The summed E-state index contributed by atoms with van der Waals surface area (Å²) < 4.78 is 7.55. The van der Waals surface area contributed by atoms with Crippen molar-refractivity contribution >= 4 is 17.0 Å². The lowest BCUT2D eigenvalue weighted by Gasteiger charge is -2.25. The second-order valence-corrected chi connectivity index (χ2v) is 5.37. The average Bonchev–Trinajstić information content (AvgIpc) is 2.96. The number of aliphatic hydroxyl groups is 2. The fourth-order valence-corrected chi connectivity index (χ4v) is 2.66. The van der Waals surface area contributed by atoms with Gasteiger partial charge in [0.2, 0.25) is 0 Å². The van der Waals surface area contributed by atoms with Crippen LogP contribution in [0.3, 0.4) is 0 Å². The van der Waals surface area contributed by atoms with Crippen molar-refractivity contribution in [1.29, 1.82) is 0 Å². The number of aromatic nitrogens is 4. The number of nitrogens with two attached hydrogens (primary N) is 1. The van der Waals surface area contributed by atoms with Gasteiger partial charge in [-0.05, 0) is 6.92 Å². The predicted octanol–water partition coefficient (Wildman–Crippen LogP) is -0.315. The summed E-state index contributed by atoms with van der Waals surface area (Å²) in [7, 11) is 0. The summed E-state index contributed by atoms with van der Waals surface area (Å²) in [4.78, 5) is 12.2. The lowest BCUT2D eigenvalue weighted by atomic mass is 9.93. The molecular formula is C12H17N5O3. The molecule has 1 fully saturated rings. The van der Waals surface area contributed by atoms with Crippen molar-refractivity contribution in [1.82, 2.24) is 19.5 Å². The molecule has 3 rings (SSSR count). The van der Waals surface area contributed by atoms with E-state index in [4.69, 9.17) is 10.5 Å². The number of imidazole rings is 1. The van der Waals surface area contributed by atoms with Crippen molar-refractivity contribution in [2.24, 2.45) is 5.92 Å². The Morgan fingerprint density at radius 1 is 1.45 bits per heavy atom. The molecule has 0 bridgehead atoms. The van der Waals surface area contributed by atoms with E-state index < -0.39 is 17.9 Å². The third kappa shape index (κ3) is 1.69. The van der Waals surface area contributed by atoms with Crippen molar-refractivity contribution < 1.29 is 14.9 Å². The van der Waals surface area contributed by atoms with Gasteiger partial charge in [0.15, 0.2) is 11.5 Å². The first-order valence-electron chi connectivity index (χ1n) is 6.37. The summed E-state index contributed by atoms with van der Waals surface area (Å²) in [5, 5.41) is 19.7. The summed E-state index contributed by atoms with van der Waals surface area (Å²) in [6.07, 6.45) is 1.67. The molecule has 0 amide bonds. The molecule has 0 aromatic carbocycles. The van der Waals surface area contributed by atoms with E-state index in [1.165, 1.54) is 6.33 Å². The number of ether oxygens (including phenoxy) is 1. The number of hydrogen-bond acceptors (Lipinski definition) is 7. The highest BCUT2D eigenvalue weighted by Crippen LogP contribution is 2.41. The van der Waals surface area contributed by atoms with Gasteiger partial charge in [-0.3, -0.25) is 4.57 Å². The van der Waals surface area contributed by atoms with Crippen molar-refractivity contribution in [2.75, 3.05) is 12.3 Å². The minimum absolute atomic E-state index is 0.222. The Morgan fingerprint density at radius 3 is 2.85 bits per heavy atom. The van der Waals surface area contributed by atoms with Crippen LogP contribution in [0.4, 0.5) is 5.82 Å². The van der Waals surface area contributed by atoms with E-state index in [-0.39, 0.29) is 12.5 Å². The normalized spacial score (nSPS) is 33.9. The molecule has 2 aromatic heterocycles. The van der Waals surface area contributed by atoms with Gasteiger partial charge in [-0.15, -0.1) is 0 Å². The van der Waals surface area contributed by atoms with Crippen molar-refractivity contribution in [3.05, 3.63) is 12.7 Å². The third-order valence-corrected chi connectivity index (χ3v) is 3.94. The van der Waals surface area contributed by atoms with E-state index in [9.17, 15) is 10.2 Å². The smallest absolute Gasteiger partial charge is 0.167 e. The second kappa shape index (κ2) is 4.37. The number of nitrogen functional groups attached to an aromatic ring is 1. The van der Waals surface area contributed by atoms with Gasteiger partial charge in [0.1, 0.15) is 23.7 Å². The van der Waals surface area contributed by atoms with Crippen LogP contribution in [-0.4, -0.2) is 48.0 Å². The Labute approximate surface area is 115 Å². The van der Waals surface area contributed by atoms with Gasteiger partial charge in [0.05, 0.1) is 19.0 Å². The molecule has 2 aromatic rings. The highest BCUT2D eigenvalue weighted by atomic mass is 16.6. The highest BCUT2D eigenvalue weighted by Gasteiger charge is 2.50. The lowest BCUT2D eigenvalue weighted by molar-refractivity contribution is -0.115. The molecule has 0 unspecified atom stereocenters. The maximum absolute atomic E-state index is 10.2. The van der Waals surface area contributed by atoms with Gasteiger partial charge in [0, 0.05) is 5.92 Å². The van der Waals surface area contributed by atoms with Crippen molar-refractivity contribution in [3.8, 4) is 0 Å². The first-order valence-corrected chi connectivity index (χ1v) is 6.37. The third-order valence-electron chi connectivity index (χ3n) is 3.94. The van der Waals surface area contributed by atoms with E-state index in [2.05, 4.69) is 15.0 Å². The minimum atomic E-state index is -1.00. The van der Waals surface area contributed by atoms with E-state index in [1.54, 1.807) is 17.8 Å². The SMILES string of the molecule is C[C@@H]1[C@H](n2cnc3c(N)ncnc32)O[C@](C)(CO)[C@H]1O. The number of anilines is 1. The molecule has 0 saturated carbocycles. The first kappa shape index (κ1) is 13.2. The quantitative estimate of drug-likeness (QED) is 0.689. The standard InChI is InChI=1S/C12H17N5O3/c1-6-8(19)12(2,3-18)20-11(6)17-5-16-7-9(13)14-4-15-10(7)17/h4-6,8,11,18-19H,3H2,1-2H3,(H2,13,14,15)/t6-,8-,11+,12+/m0/s1. The highest BCUT2D eigenvalue weighted by molar-refractivity contribution is 5.81. The van der Waals surface area contributed by atoms with Gasteiger partial charge in [-0.1, -0.05) is 6.92 Å². The van der Waals surface area contributed by atoms with Gasteiger partial charge in [0.25, 0.3) is 0 Å². The van der Waals surface area contributed by atoms with Crippen molar-refractivity contribution in [2.45, 2.75) is 31.8 Å². The van der Waals surface area contributed by atoms with Crippen LogP contribution in [-0.2, 0) is 4.74 Å². The van der Waals surface area contributed by atoms with Gasteiger partial charge >= 0.3 is 0 Å². The van der Waals surface area contributed by atoms with E-state index in [1.807, 2.05) is 6.92 Å². The minimum Gasteiger partial charge on any atom is -0.393 e. The van der Waals surface area contributed by atoms with Crippen LogP contribution < -0.4 is 5.73 Å². The van der Waals surface area contributed by atoms with E-state index >= 15 is 0 Å². The van der Waals surface area contributed by atoms with Gasteiger partial charge < -0.3 is 20.7 Å². The molecule has 8 nitrogen and oxygen atoms in total. The average molecular weight is 279 g/mol. The number of aliphatic hydroxyl groups excluding tert-OH is 2. The topological polar surface area (TPSA) is 119 Å². The van der Waals surface area contributed by atoms with Crippen LogP contribution in [0.1, 0.15) is 20.1 Å². The molecule has 1 aliphatic heterocycles. The summed E-state index contributed by atoms with van der Waals surface area (Å²) in [5.41, 5.74) is 5.79. The molecular weight excluding hydrogens is 262 g/mol. The second-order valence-electron chi connectivity index (χ2n) is 5.37. The number of rotatable bonds is 2. The Morgan fingerprint density at radius 2 is 2.20 bits per heavy atom. The molecule has 0 spiro atoms. The van der Waals surface area contributed by atoms with Crippen LogP contribution >= 0.6 is 0 Å². The summed E-state index contributed by atoms with van der Waals surface area (Å²) in [6.45, 7) is 3.27. The lowest BCUT2D eigenvalue weighted by Crippen LogP contribution is -2.41. The largest absolute Gasteiger partial charge is 0.393 e. The zero-order chi connectivity index (χ0) is 14.5. The van der Waals surface area contributed by atoms with Crippen LogP contribution in [0.25, 0.3) is 11.2 Å². The molecule has 4 N–H and O–H groups in total. The van der Waals surface area contributed by atoms with E-state index in [0.29, 0.717) is 17.0 Å². The van der Waals surface area contributed by atoms with Crippen LogP contribution in [0.15, 0.2) is 12.7 Å². The summed E-state index contributed by atoms with van der Waals surface area (Å²) in [5.74, 6) is 0.0746. The van der Waals surface area contributed by atoms with Gasteiger partial charge in [-0.2, -0.15) is 0 Å². The molecule has 8 heteroatoms. The fraction of sp³-hybridized carbons (Fsp3) is 0.583. The molecule has 4 atom stereocenters. The monoisotopic (exact) mass is 279 g/mol. The number of fused-ring (bicyclic) bond motifs is 1. The van der Waals surface area contributed by atoms with Crippen molar-refractivity contribution in [3.63, 3.8) is 0 Å². The Kier molecular flexibility index (Phi) is 2.89. The molecule has 0 radical (unpaired) electrons. The zero-order valence-corrected chi connectivity index (χ0v) is 11.3. The predicted molar refractivity (Wildman–Crippen MR) is 70.5 cm³/mol. The molecule has 1 aliphatic rings.